The van der Waals surface area contributed by atoms with Crippen molar-refractivity contribution in [3.05, 3.63) is 121 Å². The van der Waals surface area contributed by atoms with Gasteiger partial charge < -0.3 is 0 Å². The minimum Gasteiger partial charge on any atom is -0.129 e. The molecule has 4 aromatic carbocycles. The van der Waals surface area contributed by atoms with E-state index < -0.39 is 0 Å². The van der Waals surface area contributed by atoms with Crippen LogP contribution in [0.3, 0.4) is 0 Å². The number of hydrogen-bond acceptors (Lipinski definition) is 0. The zero-order valence-electron chi connectivity index (χ0n) is 18.4. The van der Waals surface area contributed by atoms with Crippen LogP contribution in [0.25, 0.3) is 0 Å². The van der Waals surface area contributed by atoms with Crippen molar-refractivity contribution in [3.63, 3.8) is 0 Å². The second kappa shape index (κ2) is 12.4. The molecule has 0 bridgehead atoms. The Morgan fingerprint density at radius 2 is 0.875 bits per heavy atom. The molecule has 32 heavy (non-hydrogen) atoms. The van der Waals surface area contributed by atoms with Gasteiger partial charge in [0.1, 0.15) is 0 Å². The first-order valence-electron chi connectivity index (χ1n) is 11.4. The summed E-state index contributed by atoms with van der Waals surface area (Å²) in [4.78, 5) is 0. The van der Waals surface area contributed by atoms with Gasteiger partial charge in [0.15, 0.2) is 0 Å². The number of rotatable bonds is 10. The van der Waals surface area contributed by atoms with Gasteiger partial charge in [-0.15, -0.1) is 9.24 Å². The topological polar surface area (TPSA) is 0 Å². The number of unbranched alkanes of at least 4 members (excludes halogenated alkanes) is 1. The van der Waals surface area contributed by atoms with E-state index in [1.54, 1.807) is 0 Å². The van der Waals surface area contributed by atoms with Crippen LogP contribution in [-0.4, -0.2) is 11.6 Å². The van der Waals surface area contributed by atoms with Gasteiger partial charge in [-0.05, 0) is 56.1 Å². The van der Waals surface area contributed by atoms with Gasteiger partial charge in [0.25, 0.3) is 0 Å². The maximum Gasteiger partial charge on any atom is 0.00179 e. The fraction of sp³-hybridized carbons (Fsp3) is 0.172. The highest BCUT2D eigenvalue weighted by molar-refractivity contribution is 7.78. The third-order valence-electron chi connectivity index (χ3n) is 5.67. The van der Waals surface area contributed by atoms with Crippen LogP contribution < -0.4 is 21.2 Å². The Morgan fingerprint density at radius 3 is 1.28 bits per heavy atom. The van der Waals surface area contributed by atoms with Crippen LogP contribution in [0.15, 0.2) is 121 Å². The van der Waals surface area contributed by atoms with Crippen LogP contribution >= 0.6 is 25.1 Å². The average molecular weight is 472 g/mol. The predicted octanol–water partition coefficient (Wildman–Crippen LogP) is 6.62. The lowest BCUT2D eigenvalue weighted by Crippen LogP contribution is -2.18. The van der Waals surface area contributed by atoms with Crippen LogP contribution in [0.5, 0.6) is 0 Å². The van der Waals surface area contributed by atoms with Crippen molar-refractivity contribution >= 4 is 46.3 Å². The first kappa shape index (κ1) is 23.3. The van der Waals surface area contributed by atoms with Gasteiger partial charge in [0.2, 0.25) is 0 Å². The van der Waals surface area contributed by atoms with E-state index in [0.29, 0.717) is 5.40 Å². The molecule has 0 heterocycles. The summed E-state index contributed by atoms with van der Waals surface area (Å²) in [6, 6.07) is 44.4. The lowest BCUT2D eigenvalue weighted by Gasteiger charge is -2.26. The van der Waals surface area contributed by atoms with E-state index in [9.17, 15) is 0 Å². The maximum atomic E-state index is 3.19. The van der Waals surface area contributed by atoms with Crippen molar-refractivity contribution in [2.45, 2.75) is 24.7 Å². The normalized spacial score (nSPS) is 12.2. The van der Waals surface area contributed by atoms with Gasteiger partial charge in [-0.2, -0.15) is 0 Å². The minimum atomic E-state index is -0.363. The molecule has 0 fully saturated rings. The van der Waals surface area contributed by atoms with E-state index >= 15 is 0 Å². The standard InChI is InChI=1S/C29H31P3/c30-29(32(27-19-9-3-10-20-27)28-21-11-4-12-22-28)23-13-14-24-31(25-15-5-1-6-16-25)26-17-7-2-8-18-26/h1-12,15-22,29H,13-14,23-24,30H2. The van der Waals surface area contributed by atoms with Gasteiger partial charge in [0.05, 0.1) is 0 Å². The van der Waals surface area contributed by atoms with Crippen molar-refractivity contribution in [2.75, 3.05) is 6.16 Å². The van der Waals surface area contributed by atoms with Gasteiger partial charge in [-0.3, -0.25) is 0 Å². The fourth-order valence-corrected chi connectivity index (χ4v) is 10.3. The molecule has 0 saturated carbocycles. The predicted molar refractivity (Wildman–Crippen MR) is 150 cm³/mol. The molecule has 0 aliphatic heterocycles. The van der Waals surface area contributed by atoms with E-state index in [-0.39, 0.29) is 15.8 Å². The second-order valence-electron chi connectivity index (χ2n) is 7.93. The minimum absolute atomic E-state index is 0.286. The molecule has 0 aliphatic carbocycles. The van der Waals surface area contributed by atoms with Crippen molar-refractivity contribution < 1.29 is 0 Å². The first-order chi connectivity index (χ1) is 15.8. The van der Waals surface area contributed by atoms with Crippen LogP contribution in [0.2, 0.25) is 0 Å². The molecule has 0 spiro atoms. The molecule has 4 rings (SSSR count). The van der Waals surface area contributed by atoms with E-state index in [1.807, 2.05) is 0 Å². The Hall–Kier alpha value is -1.83. The first-order valence-corrected chi connectivity index (χ1v) is 15.0. The molecule has 0 radical (unpaired) electrons. The van der Waals surface area contributed by atoms with E-state index in [0.717, 1.165) is 0 Å². The summed E-state index contributed by atoms with van der Waals surface area (Å²) in [6.45, 7) is 0. The van der Waals surface area contributed by atoms with Crippen LogP contribution in [0.4, 0.5) is 0 Å². The highest BCUT2D eigenvalue weighted by Gasteiger charge is 2.21. The molecular formula is C29H31P3. The summed E-state index contributed by atoms with van der Waals surface area (Å²) >= 11 is 0. The summed E-state index contributed by atoms with van der Waals surface area (Å²) in [7, 11) is 2.54. The van der Waals surface area contributed by atoms with E-state index in [4.69, 9.17) is 0 Å². The highest BCUT2D eigenvalue weighted by Crippen LogP contribution is 2.45. The maximum absolute atomic E-state index is 3.19. The van der Waals surface area contributed by atoms with E-state index in [1.165, 1.54) is 46.6 Å². The Morgan fingerprint density at radius 1 is 0.500 bits per heavy atom. The molecule has 0 aromatic heterocycles. The van der Waals surface area contributed by atoms with Crippen LogP contribution in [0, 0.1) is 0 Å². The Balaban J connectivity index is 1.42. The summed E-state index contributed by atoms with van der Waals surface area (Å²) in [5, 5.41) is 6.53. The third-order valence-corrected chi connectivity index (χ3v) is 12.1. The molecule has 2 unspecified atom stereocenters. The molecule has 3 heteroatoms. The molecule has 4 aromatic rings. The van der Waals surface area contributed by atoms with Gasteiger partial charge >= 0.3 is 0 Å². The third kappa shape index (κ3) is 6.36. The smallest absolute Gasteiger partial charge is 0.00179 e. The van der Waals surface area contributed by atoms with Crippen LogP contribution in [0.1, 0.15) is 19.3 Å². The molecule has 2 atom stereocenters. The van der Waals surface area contributed by atoms with Gasteiger partial charge in [-0.25, -0.2) is 0 Å². The number of benzene rings is 4. The zero-order chi connectivity index (χ0) is 22.0. The summed E-state index contributed by atoms with van der Waals surface area (Å²) in [5.41, 5.74) is 0. The summed E-state index contributed by atoms with van der Waals surface area (Å²) in [6.07, 6.45) is 5.04. The summed E-state index contributed by atoms with van der Waals surface area (Å²) in [5.74, 6) is 0. The highest BCUT2D eigenvalue weighted by atomic mass is 31.2. The summed E-state index contributed by atoms with van der Waals surface area (Å²) < 4.78 is 0. The van der Waals surface area contributed by atoms with Crippen molar-refractivity contribution in [1.29, 1.82) is 0 Å². The lowest BCUT2D eigenvalue weighted by atomic mass is 10.3. The quantitative estimate of drug-likeness (QED) is 0.180. The second-order valence-corrected chi connectivity index (χ2v) is 14.1. The van der Waals surface area contributed by atoms with Crippen LogP contribution in [-0.2, 0) is 0 Å². The van der Waals surface area contributed by atoms with Crippen molar-refractivity contribution in [2.24, 2.45) is 0 Å². The van der Waals surface area contributed by atoms with Crippen molar-refractivity contribution in [3.8, 4) is 0 Å². The molecule has 0 nitrogen and oxygen atoms in total. The molecular weight excluding hydrogens is 441 g/mol. The van der Waals surface area contributed by atoms with Gasteiger partial charge in [-0.1, -0.05) is 128 Å². The Labute approximate surface area is 198 Å². The fourth-order valence-electron chi connectivity index (χ4n) is 4.08. The van der Waals surface area contributed by atoms with Gasteiger partial charge in [0, 0.05) is 5.40 Å². The molecule has 0 amide bonds. The Bertz CT molecular complexity index is 958. The molecule has 0 saturated heterocycles. The molecule has 0 aliphatic rings. The van der Waals surface area contributed by atoms with E-state index in [2.05, 4.69) is 131 Å². The monoisotopic (exact) mass is 472 g/mol. The Kier molecular flexibility index (Phi) is 9.06. The molecule has 162 valence electrons. The lowest BCUT2D eigenvalue weighted by molar-refractivity contribution is 0.766. The molecule has 0 N–H and O–H groups in total. The SMILES string of the molecule is PC(CCCCP(c1ccccc1)c1ccccc1)P(c1ccccc1)c1ccccc1. The number of hydrogen-bond donors (Lipinski definition) is 0. The zero-order valence-corrected chi connectivity index (χ0v) is 21.4. The van der Waals surface area contributed by atoms with Crippen molar-refractivity contribution in [1.82, 2.24) is 0 Å². The largest absolute Gasteiger partial charge is 0.129 e. The average Bonchev–Trinajstić information content (AvgIpc) is 2.87.